The Morgan fingerprint density at radius 3 is 2.17 bits per heavy atom. The Morgan fingerprint density at radius 1 is 0.857 bits per heavy atom. The molecule has 1 fully saturated rings. The number of benzene rings is 3. The SMILES string of the molecule is NC(=O)c1ccc(S(=O)(=O)N2CCN(C(=O)c3ccc4noc(-c5ccccc5)c4c3)CC2)cc1. The molecule has 2 amide bonds. The smallest absolute Gasteiger partial charge is 0.253 e. The molecule has 35 heavy (non-hydrogen) atoms. The lowest BCUT2D eigenvalue weighted by Crippen LogP contribution is -2.50. The summed E-state index contributed by atoms with van der Waals surface area (Å²) in [7, 11) is -3.75. The maximum Gasteiger partial charge on any atom is 0.253 e. The van der Waals surface area contributed by atoms with Gasteiger partial charge in [-0.3, -0.25) is 9.59 Å². The molecule has 3 aromatic carbocycles. The van der Waals surface area contributed by atoms with Crippen molar-refractivity contribution in [1.82, 2.24) is 14.4 Å². The lowest BCUT2D eigenvalue weighted by molar-refractivity contribution is 0.0698. The third-order valence-corrected chi connectivity index (χ3v) is 7.97. The number of rotatable bonds is 5. The molecule has 0 aliphatic carbocycles. The number of nitrogens with two attached hydrogens (primary N) is 1. The van der Waals surface area contributed by atoms with Crippen molar-refractivity contribution in [3.05, 3.63) is 83.9 Å². The van der Waals surface area contributed by atoms with Gasteiger partial charge < -0.3 is 15.2 Å². The Kier molecular flexibility index (Phi) is 5.83. The first-order chi connectivity index (χ1) is 16.8. The lowest BCUT2D eigenvalue weighted by Gasteiger charge is -2.34. The number of primary amides is 1. The minimum Gasteiger partial charge on any atom is -0.366 e. The van der Waals surface area contributed by atoms with Crippen LogP contribution in [-0.4, -0.2) is 60.8 Å². The molecule has 0 bridgehead atoms. The number of nitrogens with zero attached hydrogens (tertiary/aromatic N) is 3. The minimum absolute atomic E-state index is 0.0774. The summed E-state index contributed by atoms with van der Waals surface area (Å²) < 4.78 is 32.8. The summed E-state index contributed by atoms with van der Waals surface area (Å²) >= 11 is 0. The highest BCUT2D eigenvalue weighted by atomic mass is 32.2. The number of hydrogen-bond acceptors (Lipinski definition) is 6. The van der Waals surface area contributed by atoms with Crippen LogP contribution < -0.4 is 5.73 Å². The number of carbonyl (C=O) groups is 2. The molecule has 0 unspecified atom stereocenters. The summed E-state index contributed by atoms with van der Waals surface area (Å²) in [5, 5.41) is 4.83. The average Bonchev–Trinajstić information content (AvgIpc) is 3.32. The van der Waals surface area contributed by atoms with Crippen LogP contribution in [0.2, 0.25) is 0 Å². The van der Waals surface area contributed by atoms with Gasteiger partial charge in [-0.15, -0.1) is 0 Å². The number of carbonyl (C=O) groups excluding carboxylic acids is 2. The van der Waals surface area contributed by atoms with Gasteiger partial charge in [-0.1, -0.05) is 35.5 Å². The molecule has 1 aliphatic heterocycles. The van der Waals surface area contributed by atoms with Crippen LogP contribution in [0.1, 0.15) is 20.7 Å². The van der Waals surface area contributed by atoms with Gasteiger partial charge >= 0.3 is 0 Å². The zero-order valence-electron chi connectivity index (χ0n) is 18.6. The Morgan fingerprint density at radius 2 is 1.51 bits per heavy atom. The molecule has 10 heteroatoms. The molecule has 178 valence electrons. The molecular formula is C25H22N4O5S. The van der Waals surface area contributed by atoms with Gasteiger partial charge in [0.15, 0.2) is 5.76 Å². The predicted octanol–water partition coefficient (Wildman–Crippen LogP) is 2.74. The molecule has 0 radical (unpaired) electrons. The van der Waals surface area contributed by atoms with Gasteiger partial charge in [0, 0.05) is 42.9 Å². The Hall–Kier alpha value is -4.02. The minimum atomic E-state index is -3.75. The maximum atomic E-state index is 13.2. The summed E-state index contributed by atoms with van der Waals surface area (Å²) in [5.74, 6) is -0.218. The van der Waals surface area contributed by atoms with E-state index in [1.54, 1.807) is 23.1 Å². The largest absolute Gasteiger partial charge is 0.366 e. The van der Waals surface area contributed by atoms with Gasteiger partial charge in [-0.2, -0.15) is 4.31 Å². The second-order valence-electron chi connectivity index (χ2n) is 8.19. The van der Waals surface area contributed by atoms with E-state index in [2.05, 4.69) is 5.16 Å². The molecule has 4 aromatic rings. The number of aromatic nitrogens is 1. The summed E-state index contributed by atoms with van der Waals surface area (Å²) in [6.07, 6.45) is 0. The maximum absolute atomic E-state index is 13.2. The fourth-order valence-electron chi connectivity index (χ4n) is 4.13. The third-order valence-electron chi connectivity index (χ3n) is 6.06. The fourth-order valence-corrected chi connectivity index (χ4v) is 5.55. The third kappa shape index (κ3) is 4.29. The molecule has 1 aromatic heterocycles. The Labute approximate surface area is 201 Å². The van der Waals surface area contributed by atoms with Crippen LogP contribution >= 0.6 is 0 Å². The van der Waals surface area contributed by atoms with Crippen molar-refractivity contribution >= 4 is 32.7 Å². The molecule has 0 saturated carbocycles. The van der Waals surface area contributed by atoms with E-state index in [0.717, 1.165) is 10.9 Å². The first kappa shape index (κ1) is 22.8. The number of piperazine rings is 1. The van der Waals surface area contributed by atoms with Gasteiger partial charge in [0.25, 0.3) is 5.91 Å². The second kappa shape index (κ2) is 8.97. The number of hydrogen-bond donors (Lipinski definition) is 1. The van der Waals surface area contributed by atoms with E-state index in [1.165, 1.54) is 28.6 Å². The van der Waals surface area contributed by atoms with Crippen molar-refractivity contribution < 1.29 is 22.5 Å². The summed E-state index contributed by atoms with van der Waals surface area (Å²) in [6.45, 7) is 0.835. The van der Waals surface area contributed by atoms with Crippen LogP contribution in [0.5, 0.6) is 0 Å². The average molecular weight is 491 g/mol. The Bertz CT molecular complexity index is 1510. The topological polar surface area (TPSA) is 127 Å². The molecule has 1 saturated heterocycles. The van der Waals surface area contributed by atoms with E-state index < -0.39 is 15.9 Å². The van der Waals surface area contributed by atoms with Crippen LogP contribution in [0.15, 0.2) is 82.2 Å². The van der Waals surface area contributed by atoms with Crippen LogP contribution in [0, 0.1) is 0 Å². The number of amides is 2. The first-order valence-corrected chi connectivity index (χ1v) is 12.4. The van der Waals surface area contributed by atoms with Crippen LogP contribution in [0.3, 0.4) is 0 Å². The molecule has 2 heterocycles. The van der Waals surface area contributed by atoms with Crippen molar-refractivity contribution in [3.63, 3.8) is 0 Å². The highest BCUT2D eigenvalue weighted by molar-refractivity contribution is 7.89. The zero-order valence-corrected chi connectivity index (χ0v) is 19.4. The quantitative estimate of drug-likeness (QED) is 0.458. The van der Waals surface area contributed by atoms with E-state index in [9.17, 15) is 18.0 Å². The molecular weight excluding hydrogens is 468 g/mol. The molecule has 1 aliphatic rings. The van der Waals surface area contributed by atoms with Gasteiger partial charge in [-0.25, -0.2) is 8.42 Å². The van der Waals surface area contributed by atoms with E-state index >= 15 is 0 Å². The predicted molar refractivity (Wildman–Crippen MR) is 129 cm³/mol. The van der Waals surface area contributed by atoms with E-state index in [4.69, 9.17) is 10.3 Å². The number of fused-ring (bicyclic) bond motifs is 1. The molecule has 5 rings (SSSR count). The molecule has 9 nitrogen and oxygen atoms in total. The highest BCUT2D eigenvalue weighted by Crippen LogP contribution is 2.29. The molecule has 2 N–H and O–H groups in total. The van der Waals surface area contributed by atoms with Crippen molar-refractivity contribution in [1.29, 1.82) is 0 Å². The van der Waals surface area contributed by atoms with Crippen LogP contribution in [0.25, 0.3) is 22.2 Å². The highest BCUT2D eigenvalue weighted by Gasteiger charge is 2.30. The van der Waals surface area contributed by atoms with Crippen molar-refractivity contribution in [3.8, 4) is 11.3 Å². The fraction of sp³-hybridized carbons (Fsp3) is 0.160. The van der Waals surface area contributed by atoms with Crippen molar-refractivity contribution in [2.75, 3.05) is 26.2 Å². The van der Waals surface area contributed by atoms with E-state index in [-0.39, 0.29) is 42.5 Å². The van der Waals surface area contributed by atoms with Gasteiger partial charge in [0.1, 0.15) is 5.52 Å². The zero-order chi connectivity index (χ0) is 24.6. The van der Waals surface area contributed by atoms with Gasteiger partial charge in [0.2, 0.25) is 15.9 Å². The van der Waals surface area contributed by atoms with Gasteiger partial charge in [-0.05, 0) is 42.5 Å². The Balaban J connectivity index is 1.31. The molecule has 0 atom stereocenters. The van der Waals surface area contributed by atoms with E-state index in [0.29, 0.717) is 16.8 Å². The van der Waals surface area contributed by atoms with Crippen LogP contribution in [-0.2, 0) is 10.0 Å². The van der Waals surface area contributed by atoms with Crippen LogP contribution in [0.4, 0.5) is 0 Å². The lowest BCUT2D eigenvalue weighted by atomic mass is 10.1. The summed E-state index contributed by atoms with van der Waals surface area (Å²) in [5.41, 5.74) is 7.46. The monoisotopic (exact) mass is 490 g/mol. The van der Waals surface area contributed by atoms with Crippen molar-refractivity contribution in [2.24, 2.45) is 5.73 Å². The summed E-state index contributed by atoms with van der Waals surface area (Å²) in [6, 6.07) is 20.3. The molecule has 0 spiro atoms. The standard InChI is InChI=1S/C25H22N4O5S/c26-24(30)18-6-9-20(10-7-18)35(32,33)29-14-12-28(13-15-29)25(31)19-8-11-22-21(16-19)23(34-27-22)17-4-2-1-3-5-17/h1-11,16H,12-15H2,(H2,26,30). The first-order valence-electron chi connectivity index (χ1n) is 11.0. The normalized spacial score (nSPS) is 14.8. The van der Waals surface area contributed by atoms with Crippen molar-refractivity contribution in [2.45, 2.75) is 4.90 Å². The van der Waals surface area contributed by atoms with Gasteiger partial charge in [0.05, 0.1) is 10.3 Å². The van der Waals surface area contributed by atoms with E-state index in [1.807, 2.05) is 30.3 Å². The second-order valence-corrected chi connectivity index (χ2v) is 10.1. The summed E-state index contributed by atoms with van der Waals surface area (Å²) in [4.78, 5) is 26.2. The number of sulfonamides is 1.